The fourth-order valence-corrected chi connectivity index (χ4v) is 2.57. The summed E-state index contributed by atoms with van der Waals surface area (Å²) in [6.07, 6.45) is -15.6. The van der Waals surface area contributed by atoms with Gasteiger partial charge in [0.25, 0.3) is 0 Å². The van der Waals surface area contributed by atoms with Gasteiger partial charge in [0.1, 0.15) is 48.8 Å². The Kier molecular flexibility index (Phi) is 14.4. The van der Waals surface area contributed by atoms with Crippen molar-refractivity contribution in [2.45, 2.75) is 61.4 Å². The Morgan fingerprint density at radius 2 is 1.21 bits per heavy atom. The number of aliphatic hydroxyl groups is 8. The summed E-state index contributed by atoms with van der Waals surface area (Å²) in [6, 6.07) is 0. The number of rotatable bonds is 4. The van der Waals surface area contributed by atoms with Crippen LogP contribution < -0.4 is 65.4 Å². The molecule has 2 saturated heterocycles. The molecule has 16 heteroatoms. The molecule has 1 unspecified atom stereocenters. The summed E-state index contributed by atoms with van der Waals surface area (Å²) < 4.78 is 40.5. The molecule has 2 heterocycles. The van der Waals surface area contributed by atoms with Crippen molar-refractivity contribution in [1.82, 2.24) is 0 Å². The van der Waals surface area contributed by atoms with Gasteiger partial charge in [-0.05, 0) is 0 Å². The van der Waals surface area contributed by atoms with Crippen molar-refractivity contribution in [2.75, 3.05) is 13.2 Å². The predicted molar refractivity (Wildman–Crippen MR) is 68.6 cm³/mol. The van der Waals surface area contributed by atoms with Gasteiger partial charge in [0, 0.05) is 0 Å². The van der Waals surface area contributed by atoms with Crippen molar-refractivity contribution < 1.29 is 131 Å². The maximum Gasteiger partial charge on any atom is 1.00 e. The third-order valence-electron chi connectivity index (χ3n) is 3.98. The summed E-state index contributed by atoms with van der Waals surface area (Å²) in [5.74, 6) is 0. The van der Waals surface area contributed by atoms with Crippen LogP contribution in [0, 0.1) is 10.8 Å². The van der Waals surface area contributed by atoms with E-state index in [2.05, 4.69) is 0 Å². The molecule has 2 rings (SSSR count). The molecule has 0 aromatic carbocycles. The zero-order chi connectivity index (χ0) is 20.9. The van der Waals surface area contributed by atoms with E-state index in [0.717, 1.165) is 0 Å². The topological polar surface area (TPSA) is 259 Å². The van der Waals surface area contributed by atoms with E-state index in [1.54, 1.807) is 0 Å². The first-order valence-electron chi connectivity index (χ1n) is 7.54. The largest absolute Gasteiger partial charge is 1.00 e. The predicted octanol–water partition coefficient (Wildman–Crippen LogP) is -12.0. The average molecular weight is 465 g/mol. The Labute approximate surface area is 204 Å². The number of halogens is 1. The number of aliphatic hydroxyl groups excluding tert-OH is 8. The monoisotopic (exact) mass is 464 g/mol. The molecule has 0 radical (unpaired) electrons. The molecule has 0 saturated carbocycles. The number of ether oxygens (including phenoxy) is 3. The Balaban J connectivity index is 0.00000133. The van der Waals surface area contributed by atoms with E-state index < -0.39 is 85.4 Å². The minimum absolute atomic E-state index is 0. The summed E-state index contributed by atoms with van der Waals surface area (Å²) in [6.45, 7) is -1.35. The molecule has 10 atom stereocenters. The van der Waals surface area contributed by atoms with Gasteiger partial charge in [-0.25, -0.2) is 0 Å². The summed E-state index contributed by atoms with van der Waals surface area (Å²) in [7, 11) is -2.85. The zero-order valence-electron chi connectivity index (χ0n) is 14.6. The van der Waals surface area contributed by atoms with Crippen LogP contribution in [-0.2, 0) is 14.2 Å². The van der Waals surface area contributed by atoms with Crippen LogP contribution in [0.5, 0.6) is 0 Å². The van der Waals surface area contributed by atoms with Gasteiger partial charge in [0.2, 0.25) is 0 Å². The molecule has 14 nitrogen and oxygen atoms in total. The second-order valence-electron chi connectivity index (χ2n) is 5.72. The van der Waals surface area contributed by atoms with Gasteiger partial charge in [-0.15, -0.1) is 0 Å². The molecule has 8 N–H and O–H groups in total. The van der Waals surface area contributed by atoms with E-state index in [4.69, 9.17) is 33.3 Å². The Bertz CT molecular complexity index is 428. The zero-order valence-corrected chi connectivity index (χ0v) is 18.5. The molecule has 2 aliphatic rings. The second-order valence-corrected chi connectivity index (χ2v) is 6.09. The van der Waals surface area contributed by atoms with Crippen molar-refractivity contribution in [3.05, 3.63) is 0 Å². The molecule has 0 bridgehead atoms. The second kappa shape index (κ2) is 13.7. The van der Waals surface area contributed by atoms with E-state index in [0.29, 0.717) is 0 Å². The third kappa shape index (κ3) is 7.81. The summed E-state index contributed by atoms with van der Waals surface area (Å²) >= 11 is 0. The van der Waals surface area contributed by atoms with Crippen LogP contribution >= 0.6 is 0 Å². The SMILES string of the molecule is OC[C@H]1O[C@@H](O[C@H]2[C@H](O)[C@@H](O)C(O)O[C@@H]2CO)[C@H](O)[C@@H](O)[C@H]1O.[K+].[O-][Cl+2]([O-])[O-]. The Morgan fingerprint density at radius 1 is 0.714 bits per heavy atom. The van der Waals surface area contributed by atoms with Crippen molar-refractivity contribution in [2.24, 2.45) is 0 Å². The van der Waals surface area contributed by atoms with Gasteiger partial charge < -0.3 is 69.0 Å². The maximum absolute atomic E-state index is 9.94. The Hall–Kier alpha value is 1.37. The van der Waals surface area contributed by atoms with Crippen LogP contribution in [-0.4, -0.2) is 115 Å². The molecule has 0 spiro atoms. The van der Waals surface area contributed by atoms with Gasteiger partial charge >= 0.3 is 51.4 Å². The van der Waals surface area contributed by atoms with Crippen LogP contribution in [0.2, 0.25) is 0 Å². The molecular formula is C12H22ClKO14. The summed E-state index contributed by atoms with van der Waals surface area (Å²) in [5, 5.41) is 76.5. The molecular weight excluding hydrogens is 443 g/mol. The molecule has 0 aromatic heterocycles. The smallest absolute Gasteiger partial charge is 0.394 e. The van der Waals surface area contributed by atoms with Crippen LogP contribution in [0.4, 0.5) is 0 Å². The van der Waals surface area contributed by atoms with Crippen molar-refractivity contribution >= 4 is 0 Å². The molecule has 2 aliphatic heterocycles. The minimum atomic E-state index is -2.85. The van der Waals surface area contributed by atoms with Crippen molar-refractivity contribution in [3.63, 3.8) is 0 Å². The van der Waals surface area contributed by atoms with Crippen LogP contribution in [0.15, 0.2) is 0 Å². The van der Waals surface area contributed by atoms with E-state index in [-0.39, 0.29) is 51.4 Å². The van der Waals surface area contributed by atoms with Crippen LogP contribution in [0.3, 0.4) is 0 Å². The standard InChI is InChI=1S/C12H22O11.ClO3.K/c13-1-3-5(15)6(16)9(19)12(22-3)23-10-4(2-14)21-11(20)8(18)7(10)17;2-1(3)4;/h3-20H,1-2H2;;/q;-1;+1/t3-,4-,5+,6+,7-,8-,9-,10-,11?,12+;;/m1../s1. The third-order valence-corrected chi connectivity index (χ3v) is 3.98. The number of hydrogen-bond donors (Lipinski definition) is 8. The normalized spacial score (nSPS) is 43.7. The minimum Gasteiger partial charge on any atom is -0.394 e. The quantitative estimate of drug-likeness (QED) is 0.180. The van der Waals surface area contributed by atoms with Crippen molar-refractivity contribution in [3.8, 4) is 0 Å². The first-order valence-corrected chi connectivity index (χ1v) is 8.47. The van der Waals surface area contributed by atoms with Gasteiger partial charge in [0.05, 0.1) is 24.0 Å². The molecule has 162 valence electrons. The fraction of sp³-hybridized carbons (Fsp3) is 1.00. The molecule has 0 aliphatic carbocycles. The molecule has 0 aromatic rings. The van der Waals surface area contributed by atoms with E-state index >= 15 is 0 Å². The van der Waals surface area contributed by atoms with Crippen molar-refractivity contribution in [1.29, 1.82) is 0 Å². The molecule has 0 amide bonds. The van der Waals surface area contributed by atoms with Crippen LogP contribution in [0.25, 0.3) is 0 Å². The van der Waals surface area contributed by atoms with E-state index in [1.165, 1.54) is 0 Å². The first-order chi connectivity index (χ1) is 12.5. The molecule has 2 fully saturated rings. The average Bonchev–Trinajstić information content (AvgIpc) is 2.61. The van der Waals surface area contributed by atoms with Gasteiger partial charge in [-0.3, -0.25) is 0 Å². The van der Waals surface area contributed by atoms with E-state index in [1.807, 2.05) is 0 Å². The number of hydrogen-bond acceptors (Lipinski definition) is 14. The van der Waals surface area contributed by atoms with Gasteiger partial charge in [0.15, 0.2) is 12.6 Å². The summed E-state index contributed by atoms with van der Waals surface area (Å²) in [4.78, 5) is 0. The van der Waals surface area contributed by atoms with E-state index in [9.17, 15) is 35.7 Å². The van der Waals surface area contributed by atoms with Gasteiger partial charge in [-0.1, -0.05) is 0 Å². The van der Waals surface area contributed by atoms with Gasteiger partial charge in [-0.2, -0.15) is 0 Å². The Morgan fingerprint density at radius 3 is 1.68 bits per heavy atom. The maximum atomic E-state index is 9.94. The first kappa shape index (κ1) is 29.4. The van der Waals surface area contributed by atoms with Crippen LogP contribution in [0.1, 0.15) is 0 Å². The molecule has 28 heavy (non-hydrogen) atoms. The summed E-state index contributed by atoms with van der Waals surface area (Å²) in [5.41, 5.74) is 0. The fourth-order valence-electron chi connectivity index (χ4n) is 2.57.